The van der Waals surface area contributed by atoms with Crippen molar-refractivity contribution in [3.8, 4) is 5.75 Å². The molecule has 15 heavy (non-hydrogen) atoms. The average Bonchev–Trinajstić information content (AvgIpc) is 2.18. The van der Waals surface area contributed by atoms with Crippen molar-refractivity contribution in [2.75, 3.05) is 7.11 Å². The summed E-state index contributed by atoms with van der Waals surface area (Å²) in [5.41, 5.74) is 2.08. The molecule has 0 aliphatic carbocycles. The molecule has 1 heterocycles. The Bertz CT molecular complexity index is 523. The molecule has 0 aliphatic rings. The topological polar surface area (TPSA) is 22.1 Å². The Balaban J connectivity index is 2.81. The van der Waals surface area contributed by atoms with E-state index in [4.69, 9.17) is 4.74 Å². The van der Waals surface area contributed by atoms with Crippen LogP contribution in [-0.4, -0.2) is 12.1 Å². The number of aryl methyl sites for hydroxylation is 2. The summed E-state index contributed by atoms with van der Waals surface area (Å²) in [6, 6.07) is 6.15. The maximum atomic E-state index is 5.27. The number of hydrogen-bond acceptors (Lipinski definition) is 2. The number of halogens is 1. The molecule has 1 aromatic carbocycles. The molecule has 0 spiro atoms. The molecule has 1 aromatic heterocycles. The highest BCUT2D eigenvalue weighted by Gasteiger charge is 2.06. The molecular weight excluding hydrogens is 254 g/mol. The second-order valence-corrected chi connectivity index (χ2v) is 4.41. The van der Waals surface area contributed by atoms with Gasteiger partial charge < -0.3 is 4.74 Å². The van der Waals surface area contributed by atoms with Crippen molar-refractivity contribution in [1.29, 1.82) is 0 Å². The number of hydrogen-bond donors (Lipinski definition) is 0. The number of nitrogens with zero attached hydrogens (tertiary/aromatic N) is 1. The van der Waals surface area contributed by atoms with Crippen LogP contribution in [0.25, 0.3) is 10.8 Å². The van der Waals surface area contributed by atoms with Crippen molar-refractivity contribution in [1.82, 2.24) is 4.98 Å². The zero-order valence-electron chi connectivity index (χ0n) is 8.97. The molecule has 0 bridgehead atoms. The van der Waals surface area contributed by atoms with E-state index in [2.05, 4.69) is 33.0 Å². The lowest BCUT2D eigenvalue weighted by atomic mass is 10.1. The summed E-state index contributed by atoms with van der Waals surface area (Å²) >= 11 is 3.48. The van der Waals surface area contributed by atoms with E-state index < -0.39 is 0 Å². The Labute approximate surface area is 97.4 Å². The third-order valence-electron chi connectivity index (χ3n) is 2.42. The van der Waals surface area contributed by atoms with Crippen LogP contribution in [0.2, 0.25) is 0 Å². The highest BCUT2D eigenvalue weighted by molar-refractivity contribution is 9.10. The normalized spacial score (nSPS) is 10.7. The van der Waals surface area contributed by atoms with Gasteiger partial charge in [-0.3, -0.25) is 4.98 Å². The smallest absolute Gasteiger partial charge is 0.133 e. The molecule has 2 aromatic rings. The lowest BCUT2D eigenvalue weighted by molar-refractivity contribution is 0.413. The molecule has 0 aliphatic heterocycles. The molecule has 0 N–H and O–H groups in total. The summed E-state index contributed by atoms with van der Waals surface area (Å²) in [6.07, 6.45) is 0. The molecule has 0 saturated carbocycles. The van der Waals surface area contributed by atoms with Crippen LogP contribution in [-0.2, 0) is 0 Å². The van der Waals surface area contributed by atoms with E-state index in [9.17, 15) is 0 Å². The minimum Gasteiger partial charge on any atom is -0.496 e. The highest BCUT2D eigenvalue weighted by atomic mass is 79.9. The van der Waals surface area contributed by atoms with Crippen LogP contribution >= 0.6 is 15.9 Å². The molecule has 2 nitrogen and oxygen atoms in total. The van der Waals surface area contributed by atoms with Crippen LogP contribution in [0.5, 0.6) is 5.75 Å². The maximum absolute atomic E-state index is 5.27. The Morgan fingerprint density at radius 1 is 1.20 bits per heavy atom. The molecule has 2 rings (SSSR count). The van der Waals surface area contributed by atoms with Crippen molar-refractivity contribution in [3.05, 3.63) is 34.1 Å². The Morgan fingerprint density at radius 3 is 2.60 bits per heavy atom. The second kappa shape index (κ2) is 3.81. The van der Waals surface area contributed by atoms with E-state index in [1.165, 1.54) is 5.39 Å². The Hall–Kier alpha value is -1.09. The van der Waals surface area contributed by atoms with Crippen molar-refractivity contribution in [3.63, 3.8) is 0 Å². The third-order valence-corrected chi connectivity index (χ3v) is 3.04. The summed E-state index contributed by atoms with van der Waals surface area (Å²) < 4.78 is 6.23. The number of pyridine rings is 1. The van der Waals surface area contributed by atoms with Gasteiger partial charge in [-0.15, -0.1) is 0 Å². The van der Waals surface area contributed by atoms with Gasteiger partial charge in [-0.25, -0.2) is 0 Å². The van der Waals surface area contributed by atoms with Gasteiger partial charge in [-0.2, -0.15) is 0 Å². The SMILES string of the molecule is COc1cc2cc(C)nc(C)c2cc1Br. The van der Waals surface area contributed by atoms with Gasteiger partial charge in [-0.05, 0) is 53.4 Å². The predicted molar refractivity (Wildman–Crippen MR) is 65.5 cm³/mol. The number of methoxy groups -OCH3 is 1. The largest absolute Gasteiger partial charge is 0.496 e. The molecule has 0 fully saturated rings. The fourth-order valence-corrected chi connectivity index (χ4v) is 2.25. The van der Waals surface area contributed by atoms with Gasteiger partial charge >= 0.3 is 0 Å². The molecule has 0 atom stereocenters. The fraction of sp³-hybridized carbons (Fsp3) is 0.250. The predicted octanol–water partition coefficient (Wildman–Crippen LogP) is 3.62. The number of aromatic nitrogens is 1. The standard InChI is InChI=1S/C12H12BrNO/c1-7-4-9-5-12(15-3)11(13)6-10(9)8(2)14-7/h4-6H,1-3H3. The minimum atomic E-state index is 0.854. The van der Waals surface area contributed by atoms with Crippen LogP contribution in [0.4, 0.5) is 0 Å². The van der Waals surface area contributed by atoms with Crippen LogP contribution in [0.15, 0.2) is 22.7 Å². The molecule has 0 amide bonds. The summed E-state index contributed by atoms with van der Waals surface area (Å²) in [7, 11) is 1.67. The first-order valence-corrected chi connectivity index (χ1v) is 5.52. The number of ether oxygens (including phenoxy) is 1. The third kappa shape index (κ3) is 1.84. The lowest BCUT2D eigenvalue weighted by Crippen LogP contribution is -1.90. The van der Waals surface area contributed by atoms with Gasteiger partial charge in [0.05, 0.1) is 11.6 Å². The number of rotatable bonds is 1. The van der Waals surface area contributed by atoms with Gasteiger partial charge in [-0.1, -0.05) is 0 Å². The van der Waals surface area contributed by atoms with Gasteiger partial charge in [0.25, 0.3) is 0 Å². The zero-order chi connectivity index (χ0) is 11.0. The number of benzene rings is 1. The first kappa shape index (κ1) is 10.4. The summed E-state index contributed by atoms with van der Waals surface area (Å²) in [6.45, 7) is 4.02. The van der Waals surface area contributed by atoms with Crippen molar-refractivity contribution < 1.29 is 4.74 Å². The fourth-order valence-electron chi connectivity index (χ4n) is 1.74. The molecule has 78 valence electrons. The van der Waals surface area contributed by atoms with Crippen molar-refractivity contribution in [2.24, 2.45) is 0 Å². The molecule has 3 heteroatoms. The van der Waals surface area contributed by atoms with Crippen molar-refractivity contribution in [2.45, 2.75) is 13.8 Å². The van der Waals surface area contributed by atoms with Crippen LogP contribution in [0, 0.1) is 13.8 Å². The van der Waals surface area contributed by atoms with E-state index in [0.717, 1.165) is 27.0 Å². The molecule has 0 saturated heterocycles. The first-order valence-electron chi connectivity index (χ1n) is 4.73. The maximum Gasteiger partial charge on any atom is 0.133 e. The van der Waals surface area contributed by atoms with Crippen molar-refractivity contribution >= 4 is 26.7 Å². The molecule has 0 unspecified atom stereocenters. The van der Waals surface area contributed by atoms with E-state index in [-0.39, 0.29) is 0 Å². The van der Waals surface area contributed by atoms with Crippen LogP contribution in [0.1, 0.15) is 11.4 Å². The second-order valence-electron chi connectivity index (χ2n) is 3.56. The highest BCUT2D eigenvalue weighted by Crippen LogP contribution is 2.31. The van der Waals surface area contributed by atoms with E-state index in [0.29, 0.717) is 0 Å². The van der Waals surface area contributed by atoms with E-state index in [1.54, 1.807) is 7.11 Å². The average molecular weight is 266 g/mol. The molecular formula is C12H12BrNO. The van der Waals surface area contributed by atoms with Crippen LogP contribution in [0.3, 0.4) is 0 Å². The quantitative estimate of drug-likeness (QED) is 0.786. The zero-order valence-corrected chi connectivity index (χ0v) is 10.6. The van der Waals surface area contributed by atoms with Gasteiger partial charge in [0.1, 0.15) is 5.75 Å². The first-order chi connectivity index (χ1) is 7.11. The van der Waals surface area contributed by atoms with Gasteiger partial charge in [0.2, 0.25) is 0 Å². The Kier molecular flexibility index (Phi) is 2.65. The summed E-state index contributed by atoms with van der Waals surface area (Å²) in [5, 5.41) is 2.33. The molecule has 0 radical (unpaired) electrons. The summed E-state index contributed by atoms with van der Waals surface area (Å²) in [4.78, 5) is 4.44. The van der Waals surface area contributed by atoms with Gasteiger partial charge in [0.15, 0.2) is 0 Å². The summed E-state index contributed by atoms with van der Waals surface area (Å²) in [5.74, 6) is 0.854. The lowest BCUT2D eigenvalue weighted by Gasteiger charge is -2.08. The Morgan fingerprint density at radius 2 is 1.93 bits per heavy atom. The monoisotopic (exact) mass is 265 g/mol. The van der Waals surface area contributed by atoms with Gasteiger partial charge in [0, 0.05) is 16.8 Å². The minimum absolute atomic E-state index is 0.854. The van der Waals surface area contributed by atoms with E-state index >= 15 is 0 Å². The van der Waals surface area contributed by atoms with Crippen LogP contribution < -0.4 is 4.74 Å². The van der Waals surface area contributed by atoms with E-state index in [1.807, 2.05) is 19.9 Å². The number of fused-ring (bicyclic) bond motifs is 1.